The molecule has 26 heavy (non-hydrogen) atoms. The molecule has 9 heteroatoms. The van der Waals surface area contributed by atoms with Crippen molar-refractivity contribution in [3.05, 3.63) is 46.4 Å². The molecule has 0 saturated carbocycles. The molecular formula is C17H22N6O3. The van der Waals surface area contributed by atoms with Crippen LogP contribution >= 0.6 is 0 Å². The van der Waals surface area contributed by atoms with Crippen LogP contribution in [0, 0.1) is 0 Å². The largest absolute Gasteiger partial charge is 0.375 e. The number of carbonyl (C=O) groups excluding carboxylic acids is 1. The highest BCUT2D eigenvalue weighted by molar-refractivity contribution is 5.93. The summed E-state index contributed by atoms with van der Waals surface area (Å²) in [6.07, 6.45) is 5.72. The summed E-state index contributed by atoms with van der Waals surface area (Å²) in [5.41, 5.74) is 1.01. The van der Waals surface area contributed by atoms with Crippen molar-refractivity contribution in [2.75, 3.05) is 38.7 Å². The molecule has 0 unspecified atom stereocenters. The molecule has 1 amide bonds. The molecule has 1 N–H and O–H groups in total. The summed E-state index contributed by atoms with van der Waals surface area (Å²) < 4.78 is 5.75. The van der Waals surface area contributed by atoms with Crippen LogP contribution < -0.4 is 10.5 Å². The summed E-state index contributed by atoms with van der Waals surface area (Å²) in [6, 6.07) is 1.48. The number of nitrogens with zero attached hydrogens (tertiary/aromatic N) is 5. The third-order valence-electron chi connectivity index (χ3n) is 4.17. The van der Waals surface area contributed by atoms with Crippen LogP contribution in [0.5, 0.6) is 0 Å². The van der Waals surface area contributed by atoms with Crippen LogP contribution in [-0.4, -0.2) is 70.6 Å². The van der Waals surface area contributed by atoms with Crippen molar-refractivity contribution in [2.24, 2.45) is 0 Å². The minimum Gasteiger partial charge on any atom is -0.375 e. The number of H-pyrrole nitrogens is 1. The second-order valence-corrected chi connectivity index (χ2v) is 6.35. The van der Waals surface area contributed by atoms with Gasteiger partial charge in [0.25, 0.3) is 11.5 Å². The van der Waals surface area contributed by atoms with Gasteiger partial charge in [0, 0.05) is 51.3 Å². The number of hydrogen-bond donors (Lipinski definition) is 1. The predicted octanol–water partition coefficient (Wildman–Crippen LogP) is 0.0997. The van der Waals surface area contributed by atoms with Gasteiger partial charge in [0.1, 0.15) is 0 Å². The number of carbonyl (C=O) groups is 1. The summed E-state index contributed by atoms with van der Waals surface area (Å²) in [5.74, 6) is 0.463. The maximum Gasteiger partial charge on any atom is 0.257 e. The van der Waals surface area contributed by atoms with Crippen LogP contribution in [0.1, 0.15) is 22.5 Å². The third kappa shape index (κ3) is 4.42. The van der Waals surface area contributed by atoms with Crippen LogP contribution in [0.25, 0.3) is 0 Å². The normalized spacial score (nSPS) is 17.2. The van der Waals surface area contributed by atoms with Crippen LogP contribution in [0.15, 0.2) is 29.6 Å². The van der Waals surface area contributed by atoms with E-state index in [-0.39, 0.29) is 17.6 Å². The average molecular weight is 358 g/mol. The number of aryl methyl sites for hydroxylation is 1. The molecule has 1 atom stereocenters. The molecule has 0 bridgehead atoms. The second-order valence-electron chi connectivity index (χ2n) is 6.35. The highest BCUT2D eigenvalue weighted by Crippen LogP contribution is 2.14. The Balaban J connectivity index is 1.58. The van der Waals surface area contributed by atoms with Crippen molar-refractivity contribution >= 4 is 11.9 Å². The minimum absolute atomic E-state index is 0.0873. The first kappa shape index (κ1) is 18.0. The SMILES string of the molecule is CN(C)c1ncc(C(=O)N2CCO[C@H](CCc3cc(=O)[nH]cn3)C2)cn1. The highest BCUT2D eigenvalue weighted by Gasteiger charge is 2.25. The fourth-order valence-electron chi connectivity index (χ4n) is 2.78. The Morgan fingerprint density at radius 3 is 2.81 bits per heavy atom. The third-order valence-corrected chi connectivity index (χ3v) is 4.17. The molecule has 2 aromatic heterocycles. The first-order valence-corrected chi connectivity index (χ1v) is 8.47. The Hall–Kier alpha value is -2.81. The fourth-order valence-corrected chi connectivity index (χ4v) is 2.78. The number of rotatable bonds is 5. The number of amides is 1. The number of anilines is 1. The zero-order chi connectivity index (χ0) is 18.5. The molecule has 1 aliphatic rings. The summed E-state index contributed by atoms with van der Waals surface area (Å²) in [6.45, 7) is 1.52. The van der Waals surface area contributed by atoms with Crippen molar-refractivity contribution in [1.29, 1.82) is 0 Å². The maximum atomic E-state index is 12.7. The van der Waals surface area contributed by atoms with E-state index >= 15 is 0 Å². The van der Waals surface area contributed by atoms with Crippen LogP contribution in [0.4, 0.5) is 5.95 Å². The van der Waals surface area contributed by atoms with Gasteiger partial charge in [-0.05, 0) is 12.8 Å². The number of aromatic amines is 1. The molecule has 3 rings (SSSR count). The monoisotopic (exact) mass is 358 g/mol. The van der Waals surface area contributed by atoms with E-state index in [1.165, 1.54) is 12.4 Å². The number of hydrogen-bond acceptors (Lipinski definition) is 7. The van der Waals surface area contributed by atoms with Gasteiger partial charge in [-0.1, -0.05) is 0 Å². The topological polar surface area (TPSA) is 104 Å². The molecule has 1 fully saturated rings. The van der Waals surface area contributed by atoms with Gasteiger partial charge in [-0.3, -0.25) is 9.59 Å². The molecule has 9 nitrogen and oxygen atoms in total. The minimum atomic E-state index is -0.169. The van der Waals surface area contributed by atoms with Crippen molar-refractivity contribution in [3.63, 3.8) is 0 Å². The second kappa shape index (κ2) is 8.05. The van der Waals surface area contributed by atoms with Crippen molar-refractivity contribution in [2.45, 2.75) is 18.9 Å². The Bertz CT molecular complexity index is 805. The van der Waals surface area contributed by atoms with Gasteiger partial charge in [-0.15, -0.1) is 0 Å². The smallest absolute Gasteiger partial charge is 0.257 e. The zero-order valence-corrected chi connectivity index (χ0v) is 14.9. The van der Waals surface area contributed by atoms with Crippen LogP contribution in [-0.2, 0) is 11.2 Å². The molecule has 0 aliphatic carbocycles. The number of morpholine rings is 1. The Labute approximate surface area is 151 Å². The average Bonchev–Trinajstić information content (AvgIpc) is 2.66. The van der Waals surface area contributed by atoms with Gasteiger partial charge < -0.3 is 19.5 Å². The quantitative estimate of drug-likeness (QED) is 0.808. The van der Waals surface area contributed by atoms with Crippen LogP contribution in [0.3, 0.4) is 0 Å². The zero-order valence-electron chi connectivity index (χ0n) is 14.9. The van der Waals surface area contributed by atoms with Gasteiger partial charge in [0.05, 0.1) is 24.6 Å². The molecular weight excluding hydrogens is 336 g/mol. The van der Waals surface area contributed by atoms with E-state index in [0.29, 0.717) is 49.7 Å². The molecule has 2 aromatic rings. The van der Waals surface area contributed by atoms with E-state index in [9.17, 15) is 9.59 Å². The van der Waals surface area contributed by atoms with Gasteiger partial charge >= 0.3 is 0 Å². The van der Waals surface area contributed by atoms with E-state index in [1.807, 2.05) is 14.1 Å². The standard InChI is InChI=1S/C17H22N6O3/c1-22(2)17-18-8-12(9-19-17)16(25)23-5-6-26-14(10-23)4-3-13-7-15(24)21-11-20-13/h7-9,11,14H,3-6,10H2,1-2H3,(H,20,21,24)/t14-/m1/s1. The van der Waals surface area contributed by atoms with Gasteiger partial charge in [-0.2, -0.15) is 0 Å². The number of aromatic nitrogens is 4. The number of nitrogens with one attached hydrogen (secondary N) is 1. The van der Waals surface area contributed by atoms with Crippen molar-refractivity contribution < 1.29 is 9.53 Å². The summed E-state index contributed by atoms with van der Waals surface area (Å²) in [5, 5.41) is 0. The molecule has 0 aromatic carbocycles. The van der Waals surface area contributed by atoms with E-state index in [0.717, 1.165) is 0 Å². The molecule has 3 heterocycles. The Kier molecular flexibility index (Phi) is 5.57. The lowest BCUT2D eigenvalue weighted by molar-refractivity contribution is -0.0247. The molecule has 1 aliphatic heterocycles. The Morgan fingerprint density at radius 1 is 1.35 bits per heavy atom. The molecule has 0 spiro atoms. The van der Waals surface area contributed by atoms with Crippen molar-refractivity contribution in [1.82, 2.24) is 24.8 Å². The first-order valence-electron chi connectivity index (χ1n) is 8.47. The van der Waals surface area contributed by atoms with E-state index in [1.54, 1.807) is 22.2 Å². The lowest BCUT2D eigenvalue weighted by Crippen LogP contribution is -2.45. The van der Waals surface area contributed by atoms with Crippen LogP contribution in [0.2, 0.25) is 0 Å². The first-order chi connectivity index (χ1) is 12.5. The lowest BCUT2D eigenvalue weighted by atomic mass is 10.1. The van der Waals surface area contributed by atoms with Gasteiger partial charge in [0.15, 0.2) is 0 Å². The molecule has 0 radical (unpaired) electrons. The molecule has 1 saturated heterocycles. The Morgan fingerprint density at radius 2 is 2.12 bits per heavy atom. The van der Waals surface area contributed by atoms with Crippen molar-refractivity contribution in [3.8, 4) is 0 Å². The maximum absolute atomic E-state index is 12.7. The molecule has 138 valence electrons. The van der Waals surface area contributed by atoms with Gasteiger partial charge in [-0.25, -0.2) is 15.0 Å². The van der Waals surface area contributed by atoms with E-state index in [4.69, 9.17) is 4.74 Å². The van der Waals surface area contributed by atoms with E-state index in [2.05, 4.69) is 19.9 Å². The van der Waals surface area contributed by atoms with Gasteiger partial charge in [0.2, 0.25) is 5.95 Å². The predicted molar refractivity (Wildman–Crippen MR) is 95.2 cm³/mol. The summed E-state index contributed by atoms with van der Waals surface area (Å²) >= 11 is 0. The number of ether oxygens (including phenoxy) is 1. The van der Waals surface area contributed by atoms with E-state index < -0.39 is 0 Å². The lowest BCUT2D eigenvalue weighted by Gasteiger charge is -2.33. The highest BCUT2D eigenvalue weighted by atomic mass is 16.5. The summed E-state index contributed by atoms with van der Waals surface area (Å²) in [4.78, 5) is 42.5. The fraction of sp³-hybridized carbons (Fsp3) is 0.471. The summed E-state index contributed by atoms with van der Waals surface area (Å²) in [7, 11) is 3.69.